The summed E-state index contributed by atoms with van der Waals surface area (Å²) in [6.45, 7) is 2.04. The Kier molecular flexibility index (Phi) is 4.46. The number of halogens is 2. The summed E-state index contributed by atoms with van der Waals surface area (Å²) in [5.74, 6) is -0.0694. The first kappa shape index (κ1) is 15.2. The summed E-state index contributed by atoms with van der Waals surface area (Å²) in [6, 6.07) is 4.85. The fourth-order valence-electron chi connectivity index (χ4n) is 3.89. The topological polar surface area (TPSA) is 20.3 Å². The van der Waals surface area contributed by atoms with Crippen molar-refractivity contribution in [3.8, 4) is 0 Å². The van der Waals surface area contributed by atoms with Crippen LogP contribution in [-0.2, 0) is 11.2 Å². The van der Waals surface area contributed by atoms with Crippen molar-refractivity contribution in [2.24, 2.45) is 0 Å². The summed E-state index contributed by atoms with van der Waals surface area (Å²) < 4.78 is 14.8. The Labute approximate surface area is 133 Å². The molecular weight excluding hydrogens is 333 g/mol. The molecule has 2 fully saturated rings. The molecule has 0 spiro atoms. The quantitative estimate of drug-likeness (QED) is 0.811. The van der Waals surface area contributed by atoms with Crippen LogP contribution in [0, 0.1) is 5.82 Å². The van der Waals surface area contributed by atoms with Crippen LogP contribution in [0.3, 0.4) is 0 Å². The lowest BCUT2D eigenvalue weighted by atomic mass is 9.86. The lowest BCUT2D eigenvalue weighted by Crippen LogP contribution is -2.52. The lowest BCUT2D eigenvalue weighted by Gasteiger charge is -2.37. The molecule has 1 aromatic rings. The maximum Gasteiger partial charge on any atom is 0.157 e. The lowest BCUT2D eigenvalue weighted by molar-refractivity contribution is -0.129. The van der Waals surface area contributed by atoms with Crippen molar-refractivity contribution in [1.82, 2.24) is 4.90 Å². The summed E-state index contributed by atoms with van der Waals surface area (Å²) in [7, 11) is 0. The van der Waals surface area contributed by atoms with Crippen molar-refractivity contribution in [1.29, 1.82) is 0 Å². The number of rotatable bonds is 4. The average Bonchev–Trinajstić information content (AvgIpc) is 3.13. The van der Waals surface area contributed by atoms with Crippen molar-refractivity contribution < 1.29 is 9.18 Å². The maximum atomic E-state index is 13.9. The number of hydrogen-bond donors (Lipinski definition) is 0. The van der Waals surface area contributed by atoms with Gasteiger partial charge in [0.1, 0.15) is 5.82 Å². The Bertz CT molecular complexity index is 534. The summed E-state index contributed by atoms with van der Waals surface area (Å²) >= 11 is 3.36. The van der Waals surface area contributed by atoms with E-state index in [2.05, 4.69) is 20.8 Å². The second-order valence-electron chi connectivity index (χ2n) is 6.27. The third kappa shape index (κ3) is 2.93. The predicted molar refractivity (Wildman–Crippen MR) is 84.8 cm³/mol. The standard InChI is InChI=1S/C17H21BrFNO/c18-14-5-6-15(19)13(11-14)12-16(21)17(7-1-2-8-17)20-9-3-4-10-20/h5-6,11H,1-4,7-10,12H2. The Hall–Kier alpha value is -0.740. The number of carbonyl (C=O) groups is 1. The van der Waals surface area contributed by atoms with Gasteiger partial charge in [-0.2, -0.15) is 0 Å². The van der Waals surface area contributed by atoms with Crippen LogP contribution < -0.4 is 0 Å². The number of benzene rings is 1. The molecule has 21 heavy (non-hydrogen) atoms. The minimum Gasteiger partial charge on any atom is -0.297 e. The Balaban J connectivity index is 1.83. The Morgan fingerprint density at radius 3 is 2.52 bits per heavy atom. The van der Waals surface area contributed by atoms with Crippen LogP contribution in [0.15, 0.2) is 22.7 Å². The molecule has 2 nitrogen and oxygen atoms in total. The van der Waals surface area contributed by atoms with Crippen LogP contribution in [0.5, 0.6) is 0 Å². The molecule has 4 heteroatoms. The fraction of sp³-hybridized carbons (Fsp3) is 0.588. The first-order valence-electron chi connectivity index (χ1n) is 7.84. The van der Waals surface area contributed by atoms with E-state index in [0.717, 1.165) is 43.2 Å². The van der Waals surface area contributed by atoms with Gasteiger partial charge in [-0.15, -0.1) is 0 Å². The van der Waals surface area contributed by atoms with Crippen LogP contribution in [0.2, 0.25) is 0 Å². The van der Waals surface area contributed by atoms with Crippen LogP contribution in [0.1, 0.15) is 44.1 Å². The van der Waals surface area contributed by atoms with Crippen molar-refractivity contribution in [3.63, 3.8) is 0 Å². The molecule has 1 aliphatic carbocycles. The van der Waals surface area contributed by atoms with Gasteiger partial charge >= 0.3 is 0 Å². The highest BCUT2D eigenvalue weighted by Crippen LogP contribution is 2.39. The third-order valence-corrected chi connectivity index (χ3v) is 5.51. The molecule has 0 N–H and O–H groups in total. The van der Waals surface area contributed by atoms with Gasteiger partial charge in [-0.1, -0.05) is 28.8 Å². The van der Waals surface area contributed by atoms with Gasteiger partial charge in [0.15, 0.2) is 5.78 Å². The molecule has 0 amide bonds. The van der Waals surface area contributed by atoms with E-state index >= 15 is 0 Å². The van der Waals surface area contributed by atoms with Crippen LogP contribution in [0.25, 0.3) is 0 Å². The van der Waals surface area contributed by atoms with Crippen molar-refractivity contribution in [3.05, 3.63) is 34.1 Å². The molecule has 0 radical (unpaired) electrons. The zero-order valence-corrected chi connectivity index (χ0v) is 13.8. The molecule has 1 aliphatic heterocycles. The number of nitrogens with zero attached hydrogens (tertiary/aromatic N) is 1. The normalized spacial score (nSPS) is 21.8. The third-order valence-electron chi connectivity index (χ3n) is 5.02. The molecule has 1 saturated carbocycles. The molecule has 1 aromatic carbocycles. The van der Waals surface area contributed by atoms with Crippen LogP contribution in [-0.4, -0.2) is 29.3 Å². The first-order chi connectivity index (χ1) is 10.1. The number of ketones is 1. The second-order valence-corrected chi connectivity index (χ2v) is 7.18. The van der Waals surface area contributed by atoms with Gasteiger partial charge in [-0.25, -0.2) is 4.39 Å². The van der Waals surface area contributed by atoms with Gasteiger partial charge < -0.3 is 0 Å². The zero-order chi connectivity index (χ0) is 14.9. The molecular formula is C17H21BrFNO. The van der Waals surface area contributed by atoms with Crippen molar-refractivity contribution >= 4 is 21.7 Å². The maximum absolute atomic E-state index is 13.9. The molecule has 2 aliphatic rings. The highest BCUT2D eigenvalue weighted by atomic mass is 79.9. The summed E-state index contributed by atoms with van der Waals surface area (Å²) in [5, 5.41) is 0. The Morgan fingerprint density at radius 2 is 1.86 bits per heavy atom. The summed E-state index contributed by atoms with van der Waals surface area (Å²) in [6.07, 6.45) is 6.69. The van der Waals surface area contributed by atoms with Gasteiger partial charge in [0.2, 0.25) is 0 Å². The van der Waals surface area contributed by atoms with Gasteiger partial charge in [0, 0.05) is 10.9 Å². The van der Waals surface area contributed by atoms with E-state index in [-0.39, 0.29) is 23.6 Å². The van der Waals surface area contributed by atoms with Gasteiger partial charge in [0.05, 0.1) is 5.54 Å². The van der Waals surface area contributed by atoms with Crippen molar-refractivity contribution in [2.45, 2.75) is 50.5 Å². The van der Waals surface area contributed by atoms with Crippen molar-refractivity contribution in [2.75, 3.05) is 13.1 Å². The summed E-state index contributed by atoms with van der Waals surface area (Å²) in [4.78, 5) is 15.3. The van der Waals surface area contributed by atoms with E-state index in [1.807, 2.05) is 0 Å². The molecule has 3 rings (SSSR count). The number of hydrogen-bond acceptors (Lipinski definition) is 2. The molecule has 1 saturated heterocycles. The van der Waals surface area contributed by atoms with Gasteiger partial charge in [-0.05, 0) is 62.5 Å². The van der Waals surface area contributed by atoms with E-state index in [9.17, 15) is 9.18 Å². The van der Waals surface area contributed by atoms with E-state index in [1.165, 1.54) is 18.9 Å². The zero-order valence-electron chi connectivity index (χ0n) is 12.2. The highest BCUT2D eigenvalue weighted by Gasteiger charge is 2.46. The predicted octanol–water partition coefficient (Wildman–Crippen LogP) is 4.11. The van der Waals surface area contributed by atoms with E-state index in [0.29, 0.717) is 5.56 Å². The van der Waals surface area contributed by atoms with Gasteiger partial charge in [0.25, 0.3) is 0 Å². The molecule has 0 atom stereocenters. The molecule has 0 unspecified atom stereocenters. The number of carbonyl (C=O) groups excluding carboxylic acids is 1. The molecule has 114 valence electrons. The minimum absolute atomic E-state index is 0.207. The Morgan fingerprint density at radius 1 is 1.19 bits per heavy atom. The minimum atomic E-state index is -0.314. The monoisotopic (exact) mass is 353 g/mol. The van der Waals surface area contributed by atoms with Gasteiger partial charge in [-0.3, -0.25) is 9.69 Å². The largest absolute Gasteiger partial charge is 0.297 e. The SMILES string of the molecule is O=C(Cc1cc(Br)ccc1F)C1(N2CCCC2)CCCC1. The van der Waals surface area contributed by atoms with E-state index in [4.69, 9.17) is 0 Å². The molecule has 1 heterocycles. The smallest absolute Gasteiger partial charge is 0.157 e. The first-order valence-corrected chi connectivity index (χ1v) is 8.63. The molecule has 0 aromatic heterocycles. The highest BCUT2D eigenvalue weighted by molar-refractivity contribution is 9.10. The number of likely N-dealkylation sites (tertiary alicyclic amines) is 1. The van der Waals surface area contributed by atoms with E-state index < -0.39 is 0 Å². The fourth-order valence-corrected chi connectivity index (χ4v) is 4.30. The van der Waals surface area contributed by atoms with E-state index in [1.54, 1.807) is 12.1 Å². The average molecular weight is 354 g/mol. The van der Waals surface area contributed by atoms with Crippen LogP contribution in [0.4, 0.5) is 4.39 Å². The van der Waals surface area contributed by atoms with Crippen LogP contribution >= 0.6 is 15.9 Å². The second kappa shape index (κ2) is 6.17. The number of Topliss-reactive ketones (excluding diaryl/α,β-unsaturated/α-hetero) is 1. The summed E-state index contributed by atoms with van der Waals surface area (Å²) in [5.41, 5.74) is 0.200. The molecule has 0 bridgehead atoms.